The summed E-state index contributed by atoms with van der Waals surface area (Å²) in [7, 11) is 0. The minimum absolute atomic E-state index is 0.897. The molecule has 0 aliphatic heterocycles. The Morgan fingerprint density at radius 3 is 1.67 bits per heavy atom. The fourth-order valence-electron chi connectivity index (χ4n) is 7.87. The van der Waals surface area contributed by atoms with Gasteiger partial charge >= 0.3 is 0 Å². The number of aromatic nitrogens is 6. The molecule has 6 nitrogen and oxygen atoms in total. The molecular weight excluding hydrogens is 673 g/mol. The van der Waals surface area contributed by atoms with Crippen molar-refractivity contribution < 1.29 is 0 Å². The summed E-state index contributed by atoms with van der Waals surface area (Å²) in [6.45, 7) is 0. The molecule has 0 saturated heterocycles. The van der Waals surface area contributed by atoms with Gasteiger partial charge in [0.2, 0.25) is 0 Å². The van der Waals surface area contributed by atoms with E-state index >= 15 is 0 Å². The Hall–Kier alpha value is -7.57. The van der Waals surface area contributed by atoms with Crippen LogP contribution in [0.15, 0.2) is 183 Å². The zero-order valence-corrected chi connectivity index (χ0v) is 29.5. The van der Waals surface area contributed by atoms with Gasteiger partial charge in [-0.25, -0.2) is 9.97 Å². The lowest BCUT2D eigenvalue weighted by atomic mass is 9.97. The van der Waals surface area contributed by atoms with Crippen LogP contribution >= 0.6 is 0 Å². The third kappa shape index (κ3) is 5.23. The van der Waals surface area contributed by atoms with Crippen LogP contribution in [0.3, 0.4) is 0 Å². The van der Waals surface area contributed by atoms with Gasteiger partial charge < -0.3 is 4.57 Å². The third-order valence-corrected chi connectivity index (χ3v) is 10.6. The highest BCUT2D eigenvalue weighted by Gasteiger charge is 2.20. The van der Waals surface area contributed by atoms with E-state index in [-0.39, 0.29) is 0 Å². The van der Waals surface area contributed by atoms with Crippen LogP contribution in [0.1, 0.15) is 0 Å². The fraction of sp³-hybridized carbons (Fsp3) is 0. The second kappa shape index (κ2) is 12.5. The number of benzene rings is 5. The van der Waals surface area contributed by atoms with Crippen LogP contribution in [0.5, 0.6) is 0 Å². The van der Waals surface area contributed by atoms with Crippen molar-refractivity contribution in [2.75, 3.05) is 0 Å². The molecule has 0 fully saturated rings. The zero-order valence-electron chi connectivity index (χ0n) is 29.5. The molecular formula is C49H30N6. The summed E-state index contributed by atoms with van der Waals surface area (Å²) in [5, 5.41) is 6.78. The molecule has 0 aliphatic carbocycles. The number of rotatable bonds is 5. The summed E-state index contributed by atoms with van der Waals surface area (Å²) >= 11 is 0. The topological polar surface area (TPSA) is 69.4 Å². The quantitative estimate of drug-likeness (QED) is 0.179. The molecule has 6 heterocycles. The van der Waals surface area contributed by atoms with E-state index in [1.165, 1.54) is 0 Å². The molecule has 0 amide bonds. The number of hydrogen-bond acceptors (Lipinski definition) is 5. The molecule has 0 unspecified atom stereocenters. The fourth-order valence-corrected chi connectivity index (χ4v) is 7.87. The summed E-state index contributed by atoms with van der Waals surface area (Å²) in [6.07, 6.45) is 7.60. The van der Waals surface area contributed by atoms with E-state index in [4.69, 9.17) is 19.9 Å². The van der Waals surface area contributed by atoms with Crippen LogP contribution in [-0.2, 0) is 0 Å². The van der Waals surface area contributed by atoms with Gasteiger partial charge in [0.1, 0.15) is 0 Å². The Morgan fingerprint density at radius 1 is 0.400 bits per heavy atom. The lowest BCUT2D eigenvalue weighted by Crippen LogP contribution is -1.96. The highest BCUT2D eigenvalue weighted by molar-refractivity contribution is 6.22. The predicted octanol–water partition coefficient (Wildman–Crippen LogP) is 11.9. The van der Waals surface area contributed by atoms with Gasteiger partial charge in [-0.2, -0.15) is 0 Å². The van der Waals surface area contributed by atoms with Gasteiger partial charge in [0, 0.05) is 67.8 Å². The first kappa shape index (κ1) is 31.0. The van der Waals surface area contributed by atoms with E-state index < -0.39 is 0 Å². The number of hydrogen-bond donors (Lipinski definition) is 0. The van der Waals surface area contributed by atoms with E-state index in [1.54, 1.807) is 0 Å². The van der Waals surface area contributed by atoms with Crippen molar-refractivity contribution in [2.45, 2.75) is 0 Å². The summed E-state index contributed by atoms with van der Waals surface area (Å²) in [6, 6.07) is 54.8. The van der Waals surface area contributed by atoms with E-state index in [0.717, 1.165) is 105 Å². The van der Waals surface area contributed by atoms with Crippen LogP contribution < -0.4 is 0 Å². The number of fused-ring (bicyclic) bond motifs is 7. The molecule has 0 aliphatic rings. The van der Waals surface area contributed by atoms with E-state index in [9.17, 15) is 0 Å². The van der Waals surface area contributed by atoms with Crippen LogP contribution in [0.25, 0.3) is 105 Å². The van der Waals surface area contributed by atoms with Crippen molar-refractivity contribution in [3.8, 4) is 50.7 Å². The normalized spacial score (nSPS) is 11.6. The van der Waals surface area contributed by atoms with Gasteiger partial charge in [0.25, 0.3) is 0 Å². The maximum atomic E-state index is 5.05. The highest BCUT2D eigenvalue weighted by atomic mass is 15.0. The molecule has 11 rings (SSSR count). The van der Waals surface area contributed by atoms with Crippen molar-refractivity contribution in [2.24, 2.45) is 0 Å². The average Bonchev–Trinajstić information content (AvgIpc) is 3.60. The second-order valence-corrected chi connectivity index (χ2v) is 13.8. The van der Waals surface area contributed by atoms with E-state index in [1.807, 2.05) is 67.3 Å². The van der Waals surface area contributed by atoms with Crippen molar-refractivity contribution in [1.29, 1.82) is 0 Å². The summed E-state index contributed by atoms with van der Waals surface area (Å²) < 4.78 is 2.33. The molecule has 0 N–H and O–H groups in total. The molecule has 6 aromatic heterocycles. The molecule has 0 spiro atoms. The predicted molar refractivity (Wildman–Crippen MR) is 224 cm³/mol. The SMILES string of the molecule is c1cncc(-n2c3ccc(-c4ccc(-c5ccc6ccccc6n5)cn4)cc3c3cc(-c4ccc(-c5ccc6ccccc6n5)cn4)c4ccccc4c32)c1. The van der Waals surface area contributed by atoms with E-state index in [2.05, 4.69) is 125 Å². The van der Waals surface area contributed by atoms with Gasteiger partial charge in [-0.3, -0.25) is 15.0 Å². The zero-order chi connectivity index (χ0) is 36.3. The Bertz CT molecular complexity index is 3240. The van der Waals surface area contributed by atoms with Gasteiger partial charge in [0.05, 0.1) is 56.7 Å². The molecule has 0 saturated carbocycles. The summed E-state index contributed by atoms with van der Waals surface area (Å²) in [5.41, 5.74) is 12.8. The minimum atomic E-state index is 0.897. The highest BCUT2D eigenvalue weighted by Crippen LogP contribution is 2.42. The summed E-state index contributed by atoms with van der Waals surface area (Å²) in [5.74, 6) is 0. The lowest BCUT2D eigenvalue weighted by Gasteiger charge is -2.12. The second-order valence-electron chi connectivity index (χ2n) is 13.8. The molecule has 256 valence electrons. The Balaban J connectivity index is 1.07. The first-order valence-electron chi connectivity index (χ1n) is 18.3. The first-order valence-corrected chi connectivity index (χ1v) is 18.3. The molecule has 55 heavy (non-hydrogen) atoms. The Kier molecular flexibility index (Phi) is 7.07. The minimum Gasteiger partial charge on any atom is -0.307 e. The Morgan fingerprint density at radius 2 is 1.02 bits per heavy atom. The van der Waals surface area contributed by atoms with Crippen LogP contribution in [-0.4, -0.2) is 29.5 Å². The van der Waals surface area contributed by atoms with Gasteiger partial charge in [0.15, 0.2) is 0 Å². The van der Waals surface area contributed by atoms with Crippen LogP contribution in [0, 0.1) is 0 Å². The third-order valence-electron chi connectivity index (χ3n) is 10.6. The number of nitrogens with zero attached hydrogens (tertiary/aromatic N) is 6. The molecule has 0 bridgehead atoms. The van der Waals surface area contributed by atoms with Crippen molar-refractivity contribution in [3.63, 3.8) is 0 Å². The van der Waals surface area contributed by atoms with Crippen molar-refractivity contribution in [1.82, 2.24) is 29.5 Å². The van der Waals surface area contributed by atoms with Crippen molar-refractivity contribution >= 4 is 54.4 Å². The maximum Gasteiger partial charge on any atom is 0.0725 e. The monoisotopic (exact) mass is 702 g/mol. The van der Waals surface area contributed by atoms with E-state index in [0.29, 0.717) is 0 Å². The maximum absolute atomic E-state index is 5.05. The average molecular weight is 703 g/mol. The number of pyridine rings is 5. The Labute approximate surface area is 316 Å². The van der Waals surface area contributed by atoms with Crippen LogP contribution in [0.2, 0.25) is 0 Å². The van der Waals surface area contributed by atoms with Gasteiger partial charge in [-0.05, 0) is 84.2 Å². The largest absolute Gasteiger partial charge is 0.307 e. The van der Waals surface area contributed by atoms with Crippen molar-refractivity contribution in [3.05, 3.63) is 183 Å². The molecule has 6 heteroatoms. The van der Waals surface area contributed by atoms with Crippen LogP contribution in [0.4, 0.5) is 0 Å². The lowest BCUT2D eigenvalue weighted by molar-refractivity contribution is 1.14. The first-order chi connectivity index (χ1) is 27.2. The molecule has 0 radical (unpaired) electrons. The molecule has 0 atom stereocenters. The smallest absolute Gasteiger partial charge is 0.0725 e. The molecule has 11 aromatic rings. The van der Waals surface area contributed by atoms with Gasteiger partial charge in [-0.15, -0.1) is 0 Å². The summed E-state index contributed by atoms with van der Waals surface area (Å²) in [4.78, 5) is 24.3. The standard InChI is InChI=1S/C49H30N6/c1-5-13-43-31(8-1)15-21-45(53-43)34-17-20-42(51-28-34)33-19-24-48-40(26-33)41-27-39(37-11-3-4-12-38(37)49(41)55(48)36-10-7-25-50-30-36)47-23-18-35(29-52-47)46-22-16-32-9-2-6-14-44(32)54-46/h1-30H. The molecule has 5 aromatic carbocycles. The number of para-hydroxylation sites is 2. The van der Waals surface area contributed by atoms with Gasteiger partial charge in [-0.1, -0.05) is 78.9 Å².